The van der Waals surface area contributed by atoms with E-state index in [0.29, 0.717) is 42.4 Å². The minimum atomic E-state index is -0.125. The number of carbonyl (C=O) groups is 1. The molecule has 10 heteroatoms. The van der Waals surface area contributed by atoms with Crippen LogP contribution < -0.4 is 16.0 Å². The molecule has 0 atom stereocenters. The predicted molar refractivity (Wildman–Crippen MR) is 114 cm³/mol. The quantitative estimate of drug-likeness (QED) is 0.266. The van der Waals surface area contributed by atoms with Crippen LogP contribution in [-0.2, 0) is 16.1 Å². The highest BCUT2D eigenvalue weighted by Gasteiger charge is 2.11. The van der Waals surface area contributed by atoms with Crippen molar-refractivity contribution in [1.29, 1.82) is 0 Å². The zero-order chi connectivity index (χ0) is 21.5. The van der Waals surface area contributed by atoms with E-state index >= 15 is 0 Å². The first-order valence-corrected chi connectivity index (χ1v) is 9.89. The number of aliphatic hydroxyl groups is 1. The van der Waals surface area contributed by atoms with Gasteiger partial charge < -0.3 is 29.3 Å². The standard InChI is InChI=1S/C21H23N5O5/c27-8-10-29-9-7-23-19(28)13-22-12-14-5-6-18-16(11-14)25-21(31-18)26-20-24-15-3-1-2-4-17(15)30-20/h1-6,11,22,27H,7-10,12-13H2,(H,23,28)(H,24,25,26). The Labute approximate surface area is 177 Å². The lowest BCUT2D eigenvalue weighted by atomic mass is 10.2. The van der Waals surface area contributed by atoms with Crippen molar-refractivity contribution < 1.29 is 23.5 Å². The monoisotopic (exact) mass is 425 g/mol. The summed E-state index contributed by atoms with van der Waals surface area (Å²) >= 11 is 0. The maximum Gasteiger partial charge on any atom is 0.303 e. The smallest absolute Gasteiger partial charge is 0.303 e. The minimum Gasteiger partial charge on any atom is -0.423 e. The van der Waals surface area contributed by atoms with E-state index < -0.39 is 0 Å². The fourth-order valence-corrected chi connectivity index (χ4v) is 2.97. The number of fused-ring (bicyclic) bond motifs is 2. The largest absolute Gasteiger partial charge is 0.423 e. The Morgan fingerprint density at radius 1 is 1.00 bits per heavy atom. The Bertz CT molecular complexity index is 1120. The molecule has 2 heterocycles. The number of aliphatic hydroxyl groups excluding tert-OH is 1. The number of hydrogen-bond donors (Lipinski definition) is 4. The molecule has 0 saturated heterocycles. The van der Waals surface area contributed by atoms with E-state index in [9.17, 15) is 4.79 Å². The first kappa shape index (κ1) is 20.8. The molecule has 0 bridgehead atoms. The fourth-order valence-electron chi connectivity index (χ4n) is 2.97. The lowest BCUT2D eigenvalue weighted by Gasteiger charge is -2.07. The number of para-hydroxylation sites is 2. The maximum absolute atomic E-state index is 11.8. The van der Waals surface area contributed by atoms with Gasteiger partial charge in [-0.05, 0) is 29.8 Å². The molecule has 10 nitrogen and oxygen atoms in total. The van der Waals surface area contributed by atoms with E-state index in [1.165, 1.54) is 0 Å². The Morgan fingerprint density at radius 3 is 2.58 bits per heavy atom. The number of anilines is 2. The second-order valence-electron chi connectivity index (χ2n) is 6.72. The molecular weight excluding hydrogens is 402 g/mol. The first-order chi connectivity index (χ1) is 15.2. The van der Waals surface area contributed by atoms with E-state index in [4.69, 9.17) is 18.7 Å². The molecule has 0 aliphatic heterocycles. The molecule has 4 N–H and O–H groups in total. The van der Waals surface area contributed by atoms with Gasteiger partial charge in [0.25, 0.3) is 0 Å². The van der Waals surface area contributed by atoms with Crippen LogP contribution in [0.15, 0.2) is 51.3 Å². The first-order valence-electron chi connectivity index (χ1n) is 9.89. The highest BCUT2D eigenvalue weighted by molar-refractivity contribution is 5.78. The number of hydrogen-bond acceptors (Lipinski definition) is 9. The molecule has 162 valence electrons. The lowest BCUT2D eigenvalue weighted by molar-refractivity contribution is -0.120. The second-order valence-corrected chi connectivity index (χ2v) is 6.72. The molecule has 4 aromatic rings. The Balaban J connectivity index is 1.29. The molecule has 0 fully saturated rings. The van der Waals surface area contributed by atoms with E-state index in [1.54, 1.807) is 0 Å². The Hall–Kier alpha value is -3.47. The zero-order valence-electron chi connectivity index (χ0n) is 16.8. The zero-order valence-corrected chi connectivity index (χ0v) is 16.8. The number of ether oxygens (including phenoxy) is 1. The molecule has 1 amide bonds. The topological polar surface area (TPSA) is 135 Å². The third-order valence-corrected chi connectivity index (χ3v) is 4.38. The number of nitrogens with one attached hydrogen (secondary N) is 3. The van der Waals surface area contributed by atoms with Crippen LogP contribution in [0.1, 0.15) is 5.56 Å². The summed E-state index contributed by atoms with van der Waals surface area (Å²) in [6.07, 6.45) is 0. The summed E-state index contributed by atoms with van der Waals surface area (Å²) in [5, 5.41) is 17.4. The molecule has 0 unspecified atom stereocenters. The van der Waals surface area contributed by atoms with Crippen LogP contribution in [0.4, 0.5) is 12.0 Å². The van der Waals surface area contributed by atoms with Crippen molar-refractivity contribution in [2.75, 3.05) is 38.2 Å². The molecule has 0 aliphatic carbocycles. The number of oxazole rings is 2. The van der Waals surface area contributed by atoms with Crippen molar-refractivity contribution >= 4 is 40.1 Å². The highest BCUT2D eigenvalue weighted by atomic mass is 16.5. The van der Waals surface area contributed by atoms with Gasteiger partial charge in [-0.15, -0.1) is 0 Å². The number of amides is 1. The van der Waals surface area contributed by atoms with Crippen molar-refractivity contribution in [3.8, 4) is 0 Å². The van der Waals surface area contributed by atoms with Crippen molar-refractivity contribution in [3.63, 3.8) is 0 Å². The minimum absolute atomic E-state index is 0.0281. The van der Waals surface area contributed by atoms with E-state index in [2.05, 4.69) is 25.9 Å². The molecule has 2 aromatic heterocycles. The number of nitrogens with zero attached hydrogens (tertiary/aromatic N) is 2. The van der Waals surface area contributed by atoms with Crippen molar-refractivity contribution in [3.05, 3.63) is 48.0 Å². The lowest BCUT2D eigenvalue weighted by Crippen LogP contribution is -2.35. The third kappa shape index (κ3) is 5.57. The van der Waals surface area contributed by atoms with E-state index in [-0.39, 0.29) is 31.7 Å². The van der Waals surface area contributed by atoms with Gasteiger partial charge in [0.2, 0.25) is 5.91 Å². The van der Waals surface area contributed by atoms with Crippen molar-refractivity contribution in [2.24, 2.45) is 0 Å². The van der Waals surface area contributed by atoms with Crippen molar-refractivity contribution in [2.45, 2.75) is 6.54 Å². The highest BCUT2D eigenvalue weighted by Crippen LogP contribution is 2.25. The van der Waals surface area contributed by atoms with Gasteiger partial charge in [-0.25, -0.2) is 0 Å². The SMILES string of the molecule is O=C(CNCc1ccc2oc(Nc3nc4ccccc4o3)nc2c1)NCCOCCO. The summed E-state index contributed by atoms with van der Waals surface area (Å²) in [6.45, 7) is 1.70. The average Bonchev–Trinajstić information content (AvgIpc) is 3.36. The molecule has 31 heavy (non-hydrogen) atoms. The average molecular weight is 425 g/mol. The van der Waals surface area contributed by atoms with Crippen LogP contribution in [0.5, 0.6) is 0 Å². The molecule has 0 saturated carbocycles. The Morgan fingerprint density at radius 2 is 1.77 bits per heavy atom. The third-order valence-electron chi connectivity index (χ3n) is 4.38. The summed E-state index contributed by atoms with van der Waals surface area (Å²) in [4.78, 5) is 20.6. The van der Waals surface area contributed by atoms with Gasteiger partial charge in [-0.3, -0.25) is 10.1 Å². The van der Waals surface area contributed by atoms with E-state index in [0.717, 1.165) is 11.1 Å². The molecule has 2 aromatic carbocycles. The summed E-state index contributed by atoms with van der Waals surface area (Å²) in [6, 6.07) is 13.7. The van der Waals surface area contributed by atoms with Gasteiger partial charge in [0.15, 0.2) is 11.2 Å². The molecule has 4 rings (SSSR count). The Kier molecular flexibility index (Phi) is 6.72. The maximum atomic E-state index is 11.8. The number of benzene rings is 2. The van der Waals surface area contributed by atoms with Crippen LogP contribution in [0, 0.1) is 0 Å². The second kappa shape index (κ2) is 10.0. The number of carbonyl (C=O) groups excluding carboxylic acids is 1. The predicted octanol–water partition coefficient (Wildman–Crippen LogP) is 1.93. The van der Waals surface area contributed by atoms with Gasteiger partial charge in [-0.2, -0.15) is 9.97 Å². The van der Waals surface area contributed by atoms with Crippen LogP contribution >= 0.6 is 0 Å². The van der Waals surface area contributed by atoms with Gasteiger partial charge in [0.1, 0.15) is 11.0 Å². The van der Waals surface area contributed by atoms with Gasteiger partial charge in [-0.1, -0.05) is 18.2 Å². The molecular formula is C21H23N5O5. The molecule has 0 aliphatic rings. The summed E-state index contributed by atoms with van der Waals surface area (Å²) < 4.78 is 16.4. The number of rotatable bonds is 11. The van der Waals surface area contributed by atoms with Crippen LogP contribution in [0.25, 0.3) is 22.2 Å². The normalized spacial score (nSPS) is 11.3. The van der Waals surface area contributed by atoms with Crippen LogP contribution in [0.2, 0.25) is 0 Å². The van der Waals surface area contributed by atoms with Crippen LogP contribution in [-0.4, -0.2) is 53.9 Å². The van der Waals surface area contributed by atoms with Gasteiger partial charge >= 0.3 is 12.0 Å². The molecule has 0 spiro atoms. The fraction of sp³-hybridized carbons (Fsp3) is 0.286. The van der Waals surface area contributed by atoms with Crippen LogP contribution in [0.3, 0.4) is 0 Å². The summed E-state index contributed by atoms with van der Waals surface area (Å²) in [5.41, 5.74) is 3.70. The van der Waals surface area contributed by atoms with Crippen molar-refractivity contribution in [1.82, 2.24) is 20.6 Å². The van der Waals surface area contributed by atoms with Gasteiger partial charge in [0, 0.05) is 13.1 Å². The van der Waals surface area contributed by atoms with E-state index in [1.807, 2.05) is 42.5 Å². The van der Waals surface area contributed by atoms with Gasteiger partial charge in [0.05, 0.1) is 26.4 Å². The number of aromatic nitrogens is 2. The summed E-state index contributed by atoms with van der Waals surface area (Å²) in [5.74, 6) is -0.125. The molecule has 0 radical (unpaired) electrons. The summed E-state index contributed by atoms with van der Waals surface area (Å²) in [7, 11) is 0.